The number of hydrogen-bond donors (Lipinski definition) is 2. The van der Waals surface area contributed by atoms with Crippen LogP contribution in [0.25, 0.3) is 0 Å². The quantitative estimate of drug-likeness (QED) is 0.665. The molecule has 2 nitrogen and oxygen atoms in total. The van der Waals surface area contributed by atoms with Gasteiger partial charge in [0.2, 0.25) is 0 Å². The predicted molar refractivity (Wildman–Crippen MR) is 64.9 cm³/mol. The first-order valence-corrected chi connectivity index (χ1v) is 6.56. The molecule has 0 aromatic rings. The molecule has 2 heteroatoms. The van der Waals surface area contributed by atoms with Gasteiger partial charge in [-0.05, 0) is 44.1 Å². The average Bonchev–Trinajstić information content (AvgIpc) is 2.24. The first kappa shape index (κ1) is 13.0. The molecule has 0 bridgehead atoms. The third-order valence-corrected chi connectivity index (χ3v) is 3.55. The highest BCUT2D eigenvalue weighted by atomic mass is 16.3. The van der Waals surface area contributed by atoms with Gasteiger partial charge in [0.15, 0.2) is 0 Å². The van der Waals surface area contributed by atoms with Crippen LogP contribution in [0.4, 0.5) is 0 Å². The zero-order valence-corrected chi connectivity index (χ0v) is 10.3. The smallest absolute Gasteiger partial charge is 0.0456 e. The van der Waals surface area contributed by atoms with E-state index in [1.54, 1.807) is 0 Å². The Balaban J connectivity index is 1.99. The molecule has 0 saturated heterocycles. The summed E-state index contributed by atoms with van der Waals surface area (Å²) in [6, 6.07) is 0.762. The van der Waals surface area contributed by atoms with E-state index in [0.717, 1.165) is 24.9 Å². The summed E-state index contributed by atoms with van der Waals surface area (Å²) in [5.41, 5.74) is 0. The molecule has 0 aromatic carbocycles. The number of aliphatic hydroxyl groups excluding tert-OH is 1. The lowest BCUT2D eigenvalue weighted by Crippen LogP contribution is -2.34. The maximum atomic E-state index is 8.90. The minimum Gasteiger partial charge on any atom is -0.396 e. The van der Waals surface area contributed by atoms with E-state index >= 15 is 0 Å². The Bertz CT molecular complexity index is 161. The summed E-state index contributed by atoms with van der Waals surface area (Å²) in [6.07, 6.45) is 7.87. The Morgan fingerprint density at radius 3 is 2.87 bits per heavy atom. The monoisotopic (exact) mass is 213 g/mol. The van der Waals surface area contributed by atoms with Gasteiger partial charge in [0.25, 0.3) is 0 Å². The van der Waals surface area contributed by atoms with E-state index in [-0.39, 0.29) is 0 Å². The second-order valence-electron chi connectivity index (χ2n) is 5.35. The van der Waals surface area contributed by atoms with E-state index < -0.39 is 0 Å². The second-order valence-corrected chi connectivity index (χ2v) is 5.35. The van der Waals surface area contributed by atoms with E-state index in [1.807, 2.05) is 0 Å². The topological polar surface area (TPSA) is 32.3 Å². The van der Waals surface area contributed by atoms with Crippen molar-refractivity contribution in [1.82, 2.24) is 5.32 Å². The third-order valence-electron chi connectivity index (χ3n) is 3.55. The van der Waals surface area contributed by atoms with Crippen molar-refractivity contribution in [3.8, 4) is 0 Å². The SMILES string of the molecule is CC(CO)CCCNC1CCCC(C)C1. The number of nitrogens with one attached hydrogen (secondary N) is 1. The minimum absolute atomic E-state index is 0.334. The van der Waals surface area contributed by atoms with Crippen LogP contribution in [0.2, 0.25) is 0 Å². The molecule has 3 atom stereocenters. The van der Waals surface area contributed by atoms with Gasteiger partial charge in [-0.3, -0.25) is 0 Å². The maximum Gasteiger partial charge on any atom is 0.0456 e. The van der Waals surface area contributed by atoms with Gasteiger partial charge in [-0.1, -0.05) is 26.7 Å². The Morgan fingerprint density at radius 1 is 1.40 bits per heavy atom. The zero-order chi connectivity index (χ0) is 11.1. The van der Waals surface area contributed by atoms with Crippen molar-refractivity contribution in [2.45, 2.75) is 58.4 Å². The van der Waals surface area contributed by atoms with Gasteiger partial charge in [0.1, 0.15) is 0 Å². The van der Waals surface area contributed by atoms with Crippen LogP contribution in [0, 0.1) is 11.8 Å². The Morgan fingerprint density at radius 2 is 2.20 bits per heavy atom. The van der Waals surface area contributed by atoms with Gasteiger partial charge in [0.05, 0.1) is 0 Å². The summed E-state index contributed by atoms with van der Waals surface area (Å²) in [5, 5.41) is 12.5. The van der Waals surface area contributed by atoms with Gasteiger partial charge in [-0.2, -0.15) is 0 Å². The summed E-state index contributed by atoms with van der Waals surface area (Å²) >= 11 is 0. The Hall–Kier alpha value is -0.0800. The van der Waals surface area contributed by atoms with E-state index in [0.29, 0.717) is 12.5 Å². The van der Waals surface area contributed by atoms with Crippen LogP contribution in [0.3, 0.4) is 0 Å². The zero-order valence-electron chi connectivity index (χ0n) is 10.3. The van der Waals surface area contributed by atoms with Crippen LogP contribution in [0.15, 0.2) is 0 Å². The molecule has 15 heavy (non-hydrogen) atoms. The molecule has 1 aliphatic rings. The van der Waals surface area contributed by atoms with Crippen LogP contribution in [-0.4, -0.2) is 24.3 Å². The van der Waals surface area contributed by atoms with Crippen molar-refractivity contribution in [3.63, 3.8) is 0 Å². The third kappa shape index (κ3) is 5.53. The van der Waals surface area contributed by atoms with Crippen LogP contribution in [0.1, 0.15) is 52.4 Å². The van der Waals surface area contributed by atoms with E-state index in [9.17, 15) is 0 Å². The van der Waals surface area contributed by atoms with Crippen molar-refractivity contribution in [2.75, 3.05) is 13.2 Å². The minimum atomic E-state index is 0.334. The number of aliphatic hydroxyl groups is 1. The number of hydrogen-bond acceptors (Lipinski definition) is 2. The van der Waals surface area contributed by atoms with Gasteiger partial charge < -0.3 is 10.4 Å². The van der Waals surface area contributed by atoms with E-state index in [1.165, 1.54) is 32.1 Å². The molecule has 90 valence electrons. The molecule has 0 aliphatic heterocycles. The molecule has 1 aliphatic carbocycles. The molecule has 3 unspecified atom stereocenters. The molecule has 0 radical (unpaired) electrons. The molecule has 0 heterocycles. The van der Waals surface area contributed by atoms with E-state index in [4.69, 9.17) is 5.11 Å². The van der Waals surface area contributed by atoms with Crippen molar-refractivity contribution in [2.24, 2.45) is 11.8 Å². The van der Waals surface area contributed by atoms with Gasteiger partial charge in [0, 0.05) is 12.6 Å². The van der Waals surface area contributed by atoms with E-state index in [2.05, 4.69) is 19.2 Å². The van der Waals surface area contributed by atoms with Gasteiger partial charge in [-0.15, -0.1) is 0 Å². The molecule has 0 aromatic heterocycles. The lowest BCUT2D eigenvalue weighted by Gasteiger charge is -2.27. The van der Waals surface area contributed by atoms with Crippen LogP contribution >= 0.6 is 0 Å². The van der Waals surface area contributed by atoms with Crippen LogP contribution in [-0.2, 0) is 0 Å². The molecule has 0 amide bonds. The van der Waals surface area contributed by atoms with Crippen LogP contribution in [0.5, 0.6) is 0 Å². The lowest BCUT2D eigenvalue weighted by atomic mass is 9.87. The van der Waals surface area contributed by atoms with Crippen molar-refractivity contribution in [1.29, 1.82) is 0 Å². The summed E-state index contributed by atoms with van der Waals surface area (Å²) in [4.78, 5) is 0. The highest BCUT2D eigenvalue weighted by molar-refractivity contribution is 4.75. The Labute approximate surface area is 94.5 Å². The Kier molecular flexibility index (Phi) is 6.26. The van der Waals surface area contributed by atoms with Crippen molar-refractivity contribution < 1.29 is 5.11 Å². The summed E-state index contributed by atoms with van der Waals surface area (Å²) < 4.78 is 0. The van der Waals surface area contributed by atoms with Crippen molar-refractivity contribution in [3.05, 3.63) is 0 Å². The second kappa shape index (κ2) is 7.24. The summed E-state index contributed by atoms with van der Waals surface area (Å²) in [5.74, 6) is 1.38. The largest absolute Gasteiger partial charge is 0.396 e. The summed E-state index contributed by atoms with van der Waals surface area (Å²) in [6.45, 7) is 5.94. The van der Waals surface area contributed by atoms with Gasteiger partial charge in [-0.25, -0.2) is 0 Å². The lowest BCUT2D eigenvalue weighted by molar-refractivity contribution is 0.226. The standard InChI is InChI=1S/C13H27NO/c1-11-5-3-7-13(9-11)14-8-4-6-12(2)10-15/h11-15H,3-10H2,1-2H3. The first-order chi connectivity index (χ1) is 7.22. The molecule has 2 N–H and O–H groups in total. The normalized spacial score (nSPS) is 29.0. The molecule has 1 saturated carbocycles. The molecule has 0 spiro atoms. The summed E-state index contributed by atoms with van der Waals surface area (Å²) in [7, 11) is 0. The van der Waals surface area contributed by atoms with Crippen molar-refractivity contribution >= 4 is 0 Å². The highest BCUT2D eigenvalue weighted by Gasteiger charge is 2.17. The maximum absolute atomic E-state index is 8.90. The molecule has 1 rings (SSSR count). The average molecular weight is 213 g/mol. The fourth-order valence-electron chi connectivity index (χ4n) is 2.47. The highest BCUT2D eigenvalue weighted by Crippen LogP contribution is 2.23. The molecule has 1 fully saturated rings. The van der Waals surface area contributed by atoms with Gasteiger partial charge >= 0.3 is 0 Å². The predicted octanol–water partition coefficient (Wildman–Crippen LogP) is 2.56. The molecular formula is C13H27NO. The number of rotatable bonds is 6. The molecular weight excluding hydrogens is 186 g/mol. The first-order valence-electron chi connectivity index (χ1n) is 6.56. The fourth-order valence-corrected chi connectivity index (χ4v) is 2.47. The van der Waals surface area contributed by atoms with Crippen LogP contribution < -0.4 is 5.32 Å². The fraction of sp³-hybridized carbons (Fsp3) is 1.00.